The van der Waals surface area contributed by atoms with Crippen LogP contribution in [0.5, 0.6) is 0 Å². The van der Waals surface area contributed by atoms with Crippen molar-refractivity contribution in [2.24, 2.45) is 0 Å². The lowest BCUT2D eigenvalue weighted by Gasteiger charge is -2.29. The summed E-state index contributed by atoms with van der Waals surface area (Å²) in [5.74, 6) is 0.158. The number of aromatic nitrogens is 1. The van der Waals surface area contributed by atoms with Crippen LogP contribution in [-0.2, 0) is 9.53 Å². The van der Waals surface area contributed by atoms with Crippen LogP contribution in [0.15, 0.2) is 18.3 Å². The number of carbonyl (C=O) groups excluding carboxylic acids is 2. The predicted octanol–water partition coefficient (Wildman–Crippen LogP) is 0.174. The second-order valence-electron chi connectivity index (χ2n) is 5.01. The van der Waals surface area contributed by atoms with Crippen LogP contribution in [0.25, 0.3) is 0 Å². The van der Waals surface area contributed by atoms with E-state index in [-0.39, 0.29) is 18.4 Å². The summed E-state index contributed by atoms with van der Waals surface area (Å²) in [4.78, 5) is 30.2. The normalized spacial score (nSPS) is 14.5. The molecule has 0 unspecified atom stereocenters. The Morgan fingerprint density at radius 1 is 1.32 bits per heavy atom. The van der Waals surface area contributed by atoms with Gasteiger partial charge in [0.05, 0.1) is 25.3 Å². The van der Waals surface area contributed by atoms with Crippen molar-refractivity contribution in [3.8, 4) is 0 Å². The Labute approximate surface area is 130 Å². The molecule has 2 rings (SSSR count). The second-order valence-corrected chi connectivity index (χ2v) is 5.01. The molecule has 2 N–H and O–H groups in total. The highest BCUT2D eigenvalue weighted by Gasteiger charge is 2.20. The van der Waals surface area contributed by atoms with Crippen LogP contribution < -0.4 is 15.5 Å². The van der Waals surface area contributed by atoms with Crippen molar-refractivity contribution in [3.63, 3.8) is 0 Å². The van der Waals surface area contributed by atoms with E-state index >= 15 is 0 Å². The van der Waals surface area contributed by atoms with Gasteiger partial charge in [-0.25, -0.2) is 4.98 Å². The van der Waals surface area contributed by atoms with Crippen molar-refractivity contribution in [2.45, 2.75) is 13.3 Å². The van der Waals surface area contributed by atoms with Crippen LogP contribution in [0.4, 0.5) is 5.82 Å². The third-order valence-corrected chi connectivity index (χ3v) is 3.32. The largest absolute Gasteiger partial charge is 0.378 e. The summed E-state index contributed by atoms with van der Waals surface area (Å²) in [6.07, 6.45) is 2.53. The molecule has 0 aromatic carbocycles. The minimum Gasteiger partial charge on any atom is -0.378 e. The van der Waals surface area contributed by atoms with Crippen LogP contribution in [0.1, 0.15) is 23.7 Å². The predicted molar refractivity (Wildman–Crippen MR) is 82.9 cm³/mol. The molecule has 2 heterocycles. The zero-order valence-corrected chi connectivity index (χ0v) is 12.8. The molecule has 1 aliphatic rings. The zero-order valence-electron chi connectivity index (χ0n) is 12.8. The Kier molecular flexibility index (Phi) is 6.14. The first-order chi connectivity index (χ1) is 10.7. The Bertz CT molecular complexity index is 515. The minimum atomic E-state index is -0.291. The molecule has 1 aromatic rings. The molecule has 7 nitrogen and oxygen atoms in total. The number of ether oxygens (including phenoxy) is 1. The monoisotopic (exact) mass is 306 g/mol. The Hall–Kier alpha value is -2.15. The van der Waals surface area contributed by atoms with Crippen molar-refractivity contribution in [1.82, 2.24) is 15.6 Å². The summed E-state index contributed by atoms with van der Waals surface area (Å²) < 4.78 is 5.32. The molecular formula is C15H22N4O3. The van der Waals surface area contributed by atoms with Gasteiger partial charge >= 0.3 is 0 Å². The van der Waals surface area contributed by atoms with Crippen molar-refractivity contribution >= 4 is 17.6 Å². The van der Waals surface area contributed by atoms with Crippen LogP contribution in [-0.4, -0.2) is 56.2 Å². The van der Waals surface area contributed by atoms with Gasteiger partial charge in [0.25, 0.3) is 5.91 Å². The first kappa shape index (κ1) is 16.2. The highest BCUT2D eigenvalue weighted by molar-refractivity contribution is 6.00. The van der Waals surface area contributed by atoms with Crippen molar-refractivity contribution in [2.75, 3.05) is 44.3 Å². The van der Waals surface area contributed by atoms with E-state index in [4.69, 9.17) is 4.74 Å². The molecule has 1 saturated heterocycles. The fourth-order valence-corrected chi connectivity index (χ4v) is 2.18. The number of anilines is 1. The van der Waals surface area contributed by atoms with Crippen molar-refractivity contribution in [3.05, 3.63) is 23.9 Å². The third kappa shape index (κ3) is 4.42. The van der Waals surface area contributed by atoms with E-state index in [1.807, 2.05) is 11.8 Å². The fourth-order valence-electron chi connectivity index (χ4n) is 2.18. The molecule has 120 valence electrons. The number of pyridine rings is 1. The average Bonchev–Trinajstić information content (AvgIpc) is 2.58. The molecule has 1 fully saturated rings. The van der Waals surface area contributed by atoms with E-state index in [0.717, 1.165) is 6.42 Å². The van der Waals surface area contributed by atoms with Gasteiger partial charge in [-0.2, -0.15) is 0 Å². The Morgan fingerprint density at radius 3 is 2.82 bits per heavy atom. The maximum absolute atomic E-state index is 12.3. The van der Waals surface area contributed by atoms with Gasteiger partial charge in [-0.1, -0.05) is 6.92 Å². The molecule has 1 aliphatic heterocycles. The molecular weight excluding hydrogens is 284 g/mol. The van der Waals surface area contributed by atoms with E-state index in [2.05, 4.69) is 15.6 Å². The molecule has 0 atom stereocenters. The number of hydrogen-bond acceptors (Lipinski definition) is 5. The molecule has 7 heteroatoms. The summed E-state index contributed by atoms with van der Waals surface area (Å²) in [6.45, 7) is 5.21. The van der Waals surface area contributed by atoms with Gasteiger partial charge in [0.1, 0.15) is 5.82 Å². The van der Waals surface area contributed by atoms with Gasteiger partial charge in [0.15, 0.2) is 0 Å². The Morgan fingerprint density at radius 2 is 2.09 bits per heavy atom. The van der Waals surface area contributed by atoms with Crippen LogP contribution in [0, 0.1) is 0 Å². The highest BCUT2D eigenvalue weighted by atomic mass is 16.5. The molecule has 0 spiro atoms. The first-order valence-electron chi connectivity index (χ1n) is 7.55. The number of amides is 2. The molecule has 0 aliphatic carbocycles. The molecule has 0 bridgehead atoms. The maximum Gasteiger partial charge on any atom is 0.255 e. The summed E-state index contributed by atoms with van der Waals surface area (Å²) in [5, 5.41) is 5.36. The van der Waals surface area contributed by atoms with E-state index in [9.17, 15) is 9.59 Å². The van der Waals surface area contributed by atoms with Gasteiger partial charge in [-0.05, 0) is 18.6 Å². The number of nitrogens with zero attached hydrogens (tertiary/aromatic N) is 2. The standard InChI is InChI=1S/C15H22N4O3/c1-2-5-16-13(20)11-18-15(21)12-4-3-6-17-14(12)19-7-9-22-10-8-19/h3-4,6H,2,5,7-11H2,1H3,(H,16,20)(H,18,21). The summed E-state index contributed by atoms with van der Waals surface area (Å²) >= 11 is 0. The molecule has 2 amide bonds. The molecule has 22 heavy (non-hydrogen) atoms. The number of carbonyl (C=O) groups is 2. The SMILES string of the molecule is CCCNC(=O)CNC(=O)c1cccnc1N1CCOCC1. The smallest absolute Gasteiger partial charge is 0.255 e. The highest BCUT2D eigenvalue weighted by Crippen LogP contribution is 2.18. The van der Waals surface area contributed by atoms with Crippen molar-refractivity contribution < 1.29 is 14.3 Å². The van der Waals surface area contributed by atoms with E-state index in [1.54, 1.807) is 18.3 Å². The van der Waals surface area contributed by atoms with Crippen LogP contribution in [0.3, 0.4) is 0 Å². The number of hydrogen-bond donors (Lipinski definition) is 2. The third-order valence-electron chi connectivity index (χ3n) is 3.32. The Balaban J connectivity index is 1.98. The number of rotatable bonds is 6. The van der Waals surface area contributed by atoms with Gasteiger partial charge in [-0.3, -0.25) is 9.59 Å². The van der Waals surface area contributed by atoms with E-state index in [1.165, 1.54) is 0 Å². The number of morpholine rings is 1. The van der Waals surface area contributed by atoms with E-state index in [0.29, 0.717) is 44.2 Å². The summed E-state index contributed by atoms with van der Waals surface area (Å²) in [5.41, 5.74) is 0.479. The van der Waals surface area contributed by atoms with Crippen molar-refractivity contribution in [1.29, 1.82) is 0 Å². The van der Waals surface area contributed by atoms with Gasteiger partial charge < -0.3 is 20.3 Å². The minimum absolute atomic E-state index is 0.0315. The van der Waals surface area contributed by atoms with Crippen LogP contribution >= 0.6 is 0 Å². The first-order valence-corrected chi connectivity index (χ1v) is 7.55. The number of nitrogens with one attached hydrogen (secondary N) is 2. The topological polar surface area (TPSA) is 83.6 Å². The second kappa shape index (κ2) is 8.33. The maximum atomic E-state index is 12.3. The average molecular weight is 306 g/mol. The zero-order chi connectivity index (χ0) is 15.8. The lowest BCUT2D eigenvalue weighted by molar-refractivity contribution is -0.120. The molecule has 0 radical (unpaired) electrons. The van der Waals surface area contributed by atoms with E-state index < -0.39 is 0 Å². The summed E-state index contributed by atoms with van der Waals surface area (Å²) in [7, 11) is 0. The van der Waals surface area contributed by atoms with Gasteiger partial charge in [0, 0.05) is 25.8 Å². The molecule has 0 saturated carbocycles. The van der Waals surface area contributed by atoms with Gasteiger partial charge in [-0.15, -0.1) is 0 Å². The van der Waals surface area contributed by atoms with Gasteiger partial charge in [0.2, 0.25) is 5.91 Å². The quantitative estimate of drug-likeness (QED) is 0.783. The van der Waals surface area contributed by atoms with Crippen LogP contribution in [0.2, 0.25) is 0 Å². The lowest BCUT2D eigenvalue weighted by atomic mass is 10.2. The fraction of sp³-hybridized carbons (Fsp3) is 0.533. The summed E-state index contributed by atoms with van der Waals surface area (Å²) in [6, 6.07) is 3.44. The molecule has 1 aromatic heterocycles. The lowest BCUT2D eigenvalue weighted by Crippen LogP contribution is -2.40.